The molecule has 1 atom stereocenters. The Morgan fingerprint density at radius 2 is 1.81 bits per heavy atom. The highest BCUT2D eigenvalue weighted by Gasteiger charge is 2.30. The Morgan fingerprint density at radius 1 is 1.14 bits per heavy atom. The highest BCUT2D eigenvalue weighted by molar-refractivity contribution is 5.23. The van der Waals surface area contributed by atoms with Crippen molar-refractivity contribution in [3.05, 3.63) is 35.6 Å². The zero-order valence-corrected chi connectivity index (χ0v) is 13.0. The third-order valence-electron chi connectivity index (χ3n) is 5.20. The molecule has 21 heavy (non-hydrogen) atoms. The normalized spacial score (nSPS) is 28.1. The van der Waals surface area contributed by atoms with Gasteiger partial charge in [-0.25, -0.2) is 4.39 Å². The number of piperidine rings is 1. The van der Waals surface area contributed by atoms with Crippen molar-refractivity contribution in [2.45, 2.75) is 57.0 Å². The van der Waals surface area contributed by atoms with E-state index in [4.69, 9.17) is 0 Å². The zero-order valence-electron chi connectivity index (χ0n) is 13.0. The maximum atomic E-state index is 12.9. The number of rotatable bonds is 5. The quantitative estimate of drug-likeness (QED) is 0.892. The van der Waals surface area contributed by atoms with Crippen LogP contribution in [0.2, 0.25) is 0 Å². The van der Waals surface area contributed by atoms with E-state index in [9.17, 15) is 4.39 Å². The first-order chi connectivity index (χ1) is 10.2. The van der Waals surface area contributed by atoms with Crippen LogP contribution < -0.4 is 5.32 Å². The minimum absolute atomic E-state index is 0.136. The Bertz CT molecular complexity index is 433. The number of halogens is 1. The van der Waals surface area contributed by atoms with E-state index in [1.54, 1.807) is 12.1 Å². The van der Waals surface area contributed by atoms with Gasteiger partial charge in [0.25, 0.3) is 0 Å². The van der Waals surface area contributed by atoms with Crippen LogP contribution in [-0.2, 0) is 0 Å². The summed E-state index contributed by atoms with van der Waals surface area (Å²) >= 11 is 0. The molecule has 1 unspecified atom stereocenters. The lowest BCUT2D eigenvalue weighted by Gasteiger charge is -2.39. The van der Waals surface area contributed by atoms with E-state index in [0.29, 0.717) is 18.0 Å². The van der Waals surface area contributed by atoms with Crippen molar-refractivity contribution in [3.8, 4) is 0 Å². The maximum absolute atomic E-state index is 12.9. The molecule has 0 bridgehead atoms. The number of hydrogen-bond acceptors (Lipinski definition) is 2. The first-order valence-corrected chi connectivity index (χ1v) is 8.45. The molecule has 0 aromatic heterocycles. The molecule has 1 aliphatic carbocycles. The summed E-state index contributed by atoms with van der Waals surface area (Å²) in [5.41, 5.74) is 1.29. The smallest absolute Gasteiger partial charge is 0.123 e. The second-order valence-electron chi connectivity index (χ2n) is 6.77. The second kappa shape index (κ2) is 6.89. The predicted octanol–water partition coefficient (Wildman–Crippen LogP) is 3.54. The van der Waals surface area contributed by atoms with Crippen molar-refractivity contribution in [1.29, 1.82) is 0 Å². The molecule has 1 heterocycles. The standard InChI is InChI=1S/C18H27FN2/c1-14(21-9-3-2-4-10-21)13-20-18-11-16(12-18)15-5-7-17(19)8-6-15/h5-8,14,16,18,20H,2-4,9-13H2,1H3. The van der Waals surface area contributed by atoms with Gasteiger partial charge in [0.05, 0.1) is 0 Å². The van der Waals surface area contributed by atoms with Crippen molar-refractivity contribution in [3.63, 3.8) is 0 Å². The van der Waals surface area contributed by atoms with Gasteiger partial charge in [0.15, 0.2) is 0 Å². The molecular formula is C18H27FN2. The monoisotopic (exact) mass is 290 g/mol. The molecule has 2 aliphatic rings. The molecule has 2 nitrogen and oxygen atoms in total. The van der Waals surface area contributed by atoms with Gasteiger partial charge in [0.1, 0.15) is 5.82 Å². The number of benzene rings is 1. The van der Waals surface area contributed by atoms with Crippen LogP contribution in [0.3, 0.4) is 0 Å². The molecule has 1 aromatic rings. The Hall–Kier alpha value is -0.930. The van der Waals surface area contributed by atoms with Gasteiger partial charge in [0.2, 0.25) is 0 Å². The molecule has 1 saturated carbocycles. The fourth-order valence-electron chi connectivity index (χ4n) is 3.62. The summed E-state index contributed by atoms with van der Waals surface area (Å²) in [6.45, 7) is 5.98. The topological polar surface area (TPSA) is 15.3 Å². The summed E-state index contributed by atoms with van der Waals surface area (Å²) in [6, 6.07) is 8.32. The van der Waals surface area contributed by atoms with Crippen molar-refractivity contribution in [2.75, 3.05) is 19.6 Å². The van der Waals surface area contributed by atoms with E-state index in [1.807, 2.05) is 12.1 Å². The van der Waals surface area contributed by atoms with Crippen LogP contribution in [0.15, 0.2) is 24.3 Å². The molecule has 1 saturated heterocycles. The van der Waals surface area contributed by atoms with E-state index in [2.05, 4.69) is 17.1 Å². The van der Waals surface area contributed by atoms with Gasteiger partial charge >= 0.3 is 0 Å². The SMILES string of the molecule is CC(CNC1CC(c2ccc(F)cc2)C1)N1CCCCC1. The summed E-state index contributed by atoms with van der Waals surface area (Å²) in [5, 5.41) is 3.71. The summed E-state index contributed by atoms with van der Waals surface area (Å²) in [4.78, 5) is 2.62. The zero-order chi connectivity index (χ0) is 14.7. The molecule has 1 aromatic carbocycles. The average Bonchev–Trinajstić information content (AvgIpc) is 2.48. The van der Waals surface area contributed by atoms with Crippen molar-refractivity contribution < 1.29 is 4.39 Å². The molecule has 2 fully saturated rings. The number of nitrogens with one attached hydrogen (secondary N) is 1. The molecule has 3 heteroatoms. The molecule has 0 radical (unpaired) electrons. The van der Waals surface area contributed by atoms with E-state index in [0.717, 1.165) is 6.54 Å². The third kappa shape index (κ3) is 3.83. The lowest BCUT2D eigenvalue weighted by molar-refractivity contribution is 0.160. The van der Waals surface area contributed by atoms with Crippen molar-refractivity contribution >= 4 is 0 Å². The third-order valence-corrected chi connectivity index (χ3v) is 5.20. The fourth-order valence-corrected chi connectivity index (χ4v) is 3.62. The highest BCUT2D eigenvalue weighted by Crippen LogP contribution is 2.36. The molecular weight excluding hydrogens is 263 g/mol. The van der Waals surface area contributed by atoms with E-state index in [1.165, 1.54) is 50.8 Å². The largest absolute Gasteiger partial charge is 0.312 e. The highest BCUT2D eigenvalue weighted by atomic mass is 19.1. The average molecular weight is 290 g/mol. The van der Waals surface area contributed by atoms with E-state index in [-0.39, 0.29) is 5.82 Å². The lowest BCUT2D eigenvalue weighted by Crippen LogP contribution is -2.48. The van der Waals surface area contributed by atoms with E-state index < -0.39 is 0 Å². The van der Waals surface area contributed by atoms with Gasteiger partial charge in [-0.2, -0.15) is 0 Å². The molecule has 116 valence electrons. The molecule has 3 rings (SSSR count). The van der Waals surface area contributed by atoms with Gasteiger partial charge in [-0.15, -0.1) is 0 Å². The number of likely N-dealkylation sites (tertiary alicyclic amines) is 1. The Balaban J connectivity index is 1.37. The minimum atomic E-state index is -0.136. The Morgan fingerprint density at radius 3 is 2.48 bits per heavy atom. The van der Waals surface area contributed by atoms with Crippen LogP contribution in [0.5, 0.6) is 0 Å². The number of nitrogens with zero attached hydrogens (tertiary/aromatic N) is 1. The molecule has 0 spiro atoms. The Kier molecular flexibility index (Phi) is 4.91. The fraction of sp³-hybridized carbons (Fsp3) is 0.667. The van der Waals surface area contributed by atoms with Crippen molar-refractivity contribution in [1.82, 2.24) is 10.2 Å². The van der Waals surface area contributed by atoms with Crippen LogP contribution >= 0.6 is 0 Å². The van der Waals surface area contributed by atoms with Gasteiger partial charge in [-0.05, 0) is 69.3 Å². The second-order valence-corrected chi connectivity index (χ2v) is 6.77. The van der Waals surface area contributed by atoms with Crippen LogP contribution in [-0.4, -0.2) is 36.6 Å². The number of hydrogen-bond donors (Lipinski definition) is 1. The molecule has 1 aliphatic heterocycles. The summed E-state index contributed by atoms with van der Waals surface area (Å²) < 4.78 is 12.9. The van der Waals surface area contributed by atoms with Crippen LogP contribution in [0.25, 0.3) is 0 Å². The summed E-state index contributed by atoms with van der Waals surface area (Å²) in [6.07, 6.45) is 6.51. The van der Waals surface area contributed by atoms with Gasteiger partial charge in [-0.1, -0.05) is 18.6 Å². The Labute approximate surface area is 127 Å². The van der Waals surface area contributed by atoms with Gasteiger partial charge < -0.3 is 5.32 Å². The van der Waals surface area contributed by atoms with E-state index >= 15 is 0 Å². The van der Waals surface area contributed by atoms with Crippen molar-refractivity contribution in [2.24, 2.45) is 0 Å². The lowest BCUT2D eigenvalue weighted by atomic mass is 9.76. The maximum Gasteiger partial charge on any atom is 0.123 e. The summed E-state index contributed by atoms with van der Waals surface area (Å²) in [5.74, 6) is 0.483. The predicted molar refractivity (Wildman–Crippen MR) is 85.1 cm³/mol. The molecule has 1 N–H and O–H groups in total. The van der Waals surface area contributed by atoms with Gasteiger partial charge in [0, 0.05) is 18.6 Å². The molecule has 0 amide bonds. The minimum Gasteiger partial charge on any atom is -0.312 e. The van der Waals surface area contributed by atoms with Gasteiger partial charge in [-0.3, -0.25) is 4.90 Å². The first-order valence-electron chi connectivity index (χ1n) is 8.45. The van der Waals surface area contributed by atoms with Crippen LogP contribution in [0, 0.1) is 5.82 Å². The summed E-state index contributed by atoms with van der Waals surface area (Å²) in [7, 11) is 0. The van der Waals surface area contributed by atoms with Crippen LogP contribution in [0.4, 0.5) is 4.39 Å². The first kappa shape index (κ1) is 15.0. The van der Waals surface area contributed by atoms with Crippen LogP contribution in [0.1, 0.15) is 50.5 Å².